The molecule has 1 aromatic carbocycles. The highest BCUT2D eigenvalue weighted by Gasteiger charge is 2.25. The molecule has 7 heteroatoms. The number of hydrogen-bond donors (Lipinski definition) is 0. The lowest BCUT2D eigenvalue weighted by Gasteiger charge is -2.35. The fourth-order valence-electron chi connectivity index (χ4n) is 4.93. The van der Waals surface area contributed by atoms with Crippen LogP contribution >= 0.6 is 0 Å². The molecule has 7 nitrogen and oxygen atoms in total. The number of rotatable bonds is 4. The summed E-state index contributed by atoms with van der Waals surface area (Å²) in [6.45, 7) is 6.18. The third-order valence-electron chi connectivity index (χ3n) is 7.02. The van der Waals surface area contributed by atoms with Crippen molar-refractivity contribution in [2.24, 2.45) is 7.05 Å². The predicted molar refractivity (Wildman–Crippen MR) is 133 cm³/mol. The highest BCUT2D eigenvalue weighted by molar-refractivity contribution is 5.59. The molecule has 33 heavy (non-hydrogen) atoms. The molecule has 2 aromatic heterocycles. The lowest BCUT2D eigenvalue weighted by Crippen LogP contribution is -2.44. The highest BCUT2D eigenvalue weighted by atomic mass is 16.1. The molecule has 0 bridgehead atoms. The van der Waals surface area contributed by atoms with Crippen LogP contribution in [-0.2, 0) is 7.05 Å². The smallest absolute Gasteiger partial charge is 0.255 e. The first kappa shape index (κ1) is 21.6. The zero-order chi connectivity index (χ0) is 22.8. The summed E-state index contributed by atoms with van der Waals surface area (Å²) in [4.78, 5) is 28.8. The van der Waals surface area contributed by atoms with Gasteiger partial charge in [-0.2, -0.15) is 0 Å². The molecule has 0 N–H and O–H groups in total. The number of aromatic nitrogens is 3. The molecule has 0 saturated carbocycles. The maximum atomic E-state index is 12.7. The SMILES string of the molecule is CN1CCN(c2ccc(C3CCCN(c4nc(-c5ccncc5)cc(=O)n4C)C3)cc2)CC1. The summed E-state index contributed by atoms with van der Waals surface area (Å²) in [5.41, 5.74) is 4.26. The van der Waals surface area contributed by atoms with E-state index in [2.05, 4.69) is 51.0 Å². The maximum Gasteiger partial charge on any atom is 0.255 e. The van der Waals surface area contributed by atoms with Crippen LogP contribution in [0.1, 0.15) is 24.3 Å². The second-order valence-corrected chi connectivity index (χ2v) is 9.24. The van der Waals surface area contributed by atoms with E-state index in [4.69, 9.17) is 4.98 Å². The number of pyridine rings is 1. The summed E-state index contributed by atoms with van der Waals surface area (Å²) in [5.74, 6) is 1.18. The molecule has 172 valence electrons. The van der Waals surface area contributed by atoms with Crippen molar-refractivity contribution >= 4 is 11.6 Å². The lowest BCUT2D eigenvalue weighted by atomic mass is 9.90. The van der Waals surface area contributed by atoms with Crippen LogP contribution in [0.25, 0.3) is 11.3 Å². The zero-order valence-corrected chi connectivity index (χ0v) is 19.5. The first-order chi connectivity index (χ1) is 16.1. The first-order valence-electron chi connectivity index (χ1n) is 11.9. The number of nitrogens with zero attached hydrogens (tertiary/aromatic N) is 6. The van der Waals surface area contributed by atoms with Crippen LogP contribution in [-0.4, -0.2) is 65.8 Å². The van der Waals surface area contributed by atoms with E-state index in [1.54, 1.807) is 23.0 Å². The number of anilines is 2. The van der Waals surface area contributed by atoms with E-state index < -0.39 is 0 Å². The molecule has 0 amide bonds. The molecular formula is C26H32N6O. The summed E-state index contributed by atoms with van der Waals surface area (Å²) >= 11 is 0. The number of piperazine rings is 1. The molecule has 1 atom stereocenters. The average Bonchev–Trinajstić information content (AvgIpc) is 2.87. The molecule has 3 aromatic rings. The normalized spacial score (nSPS) is 19.6. The molecule has 4 heterocycles. The third-order valence-corrected chi connectivity index (χ3v) is 7.02. The van der Waals surface area contributed by atoms with Gasteiger partial charge in [-0.1, -0.05) is 12.1 Å². The Morgan fingerprint density at radius 2 is 1.61 bits per heavy atom. The largest absolute Gasteiger partial charge is 0.369 e. The second-order valence-electron chi connectivity index (χ2n) is 9.24. The van der Waals surface area contributed by atoms with Crippen LogP contribution in [0.4, 0.5) is 11.6 Å². The second kappa shape index (κ2) is 9.35. The van der Waals surface area contributed by atoms with Crippen molar-refractivity contribution in [3.63, 3.8) is 0 Å². The van der Waals surface area contributed by atoms with Crippen LogP contribution < -0.4 is 15.4 Å². The Bertz CT molecular complexity index is 1140. The lowest BCUT2D eigenvalue weighted by molar-refractivity contribution is 0.313. The summed E-state index contributed by atoms with van der Waals surface area (Å²) < 4.78 is 1.67. The Balaban J connectivity index is 1.35. The van der Waals surface area contributed by atoms with Gasteiger partial charge in [0.15, 0.2) is 0 Å². The summed E-state index contributed by atoms with van der Waals surface area (Å²) in [7, 11) is 4.00. The van der Waals surface area contributed by atoms with Gasteiger partial charge in [0.2, 0.25) is 5.95 Å². The number of piperidine rings is 1. The summed E-state index contributed by atoms with van der Waals surface area (Å²) in [6, 6.07) is 14.5. The monoisotopic (exact) mass is 444 g/mol. The third kappa shape index (κ3) is 4.64. The number of likely N-dealkylation sites (N-methyl/N-ethyl adjacent to an activating group) is 1. The molecule has 5 rings (SSSR count). The maximum absolute atomic E-state index is 12.7. The minimum Gasteiger partial charge on any atom is -0.369 e. The van der Waals surface area contributed by atoms with Crippen LogP contribution in [0.15, 0.2) is 59.7 Å². The van der Waals surface area contributed by atoms with E-state index in [0.717, 1.165) is 63.6 Å². The Morgan fingerprint density at radius 1 is 0.879 bits per heavy atom. The Morgan fingerprint density at radius 3 is 2.33 bits per heavy atom. The van der Waals surface area contributed by atoms with Crippen molar-refractivity contribution in [1.29, 1.82) is 0 Å². The van der Waals surface area contributed by atoms with Gasteiger partial charge in [0, 0.05) is 81.9 Å². The van der Waals surface area contributed by atoms with Gasteiger partial charge in [0.1, 0.15) is 0 Å². The molecule has 2 saturated heterocycles. The van der Waals surface area contributed by atoms with E-state index in [1.165, 1.54) is 11.3 Å². The molecular weight excluding hydrogens is 412 g/mol. The highest BCUT2D eigenvalue weighted by Crippen LogP contribution is 2.31. The number of benzene rings is 1. The van der Waals surface area contributed by atoms with Gasteiger partial charge in [0.05, 0.1) is 5.69 Å². The quantitative estimate of drug-likeness (QED) is 0.617. The standard InChI is InChI=1S/C26H32N6O/c1-29-14-16-31(17-15-29)23-7-5-20(6-8-23)22-4-3-13-32(19-22)26-28-24(18-25(33)30(26)2)21-9-11-27-12-10-21/h5-12,18,22H,3-4,13-17,19H2,1-2H3. The van der Waals surface area contributed by atoms with E-state index in [0.29, 0.717) is 11.6 Å². The van der Waals surface area contributed by atoms with Gasteiger partial charge < -0.3 is 14.7 Å². The Hall–Kier alpha value is -3.19. The van der Waals surface area contributed by atoms with E-state index in [9.17, 15) is 4.79 Å². The zero-order valence-electron chi connectivity index (χ0n) is 19.5. The van der Waals surface area contributed by atoms with Crippen molar-refractivity contribution < 1.29 is 0 Å². The van der Waals surface area contributed by atoms with Crippen LogP contribution in [0, 0.1) is 0 Å². The van der Waals surface area contributed by atoms with Crippen molar-refractivity contribution in [3.8, 4) is 11.3 Å². The van der Waals surface area contributed by atoms with Crippen LogP contribution in [0.2, 0.25) is 0 Å². The number of hydrogen-bond acceptors (Lipinski definition) is 6. The summed E-state index contributed by atoms with van der Waals surface area (Å²) in [6.07, 6.45) is 5.70. The van der Waals surface area contributed by atoms with Crippen molar-refractivity contribution in [2.45, 2.75) is 18.8 Å². The minimum absolute atomic E-state index is 0.0366. The van der Waals surface area contributed by atoms with Crippen molar-refractivity contribution in [2.75, 3.05) is 56.1 Å². The molecule has 0 aliphatic carbocycles. The van der Waals surface area contributed by atoms with Gasteiger partial charge in [-0.15, -0.1) is 0 Å². The van der Waals surface area contributed by atoms with E-state index >= 15 is 0 Å². The summed E-state index contributed by atoms with van der Waals surface area (Å²) in [5, 5.41) is 0. The molecule has 0 spiro atoms. The Labute approximate surface area is 195 Å². The van der Waals surface area contributed by atoms with Gasteiger partial charge in [0.25, 0.3) is 5.56 Å². The fourth-order valence-corrected chi connectivity index (χ4v) is 4.93. The first-order valence-corrected chi connectivity index (χ1v) is 11.9. The van der Waals surface area contributed by atoms with Gasteiger partial charge in [-0.05, 0) is 49.7 Å². The van der Waals surface area contributed by atoms with Crippen LogP contribution in [0.3, 0.4) is 0 Å². The van der Waals surface area contributed by atoms with Gasteiger partial charge >= 0.3 is 0 Å². The predicted octanol–water partition coefficient (Wildman–Crippen LogP) is 2.98. The van der Waals surface area contributed by atoms with Crippen molar-refractivity contribution in [3.05, 3.63) is 70.8 Å². The Kier molecular flexibility index (Phi) is 6.13. The van der Waals surface area contributed by atoms with E-state index in [-0.39, 0.29) is 5.56 Å². The van der Waals surface area contributed by atoms with E-state index in [1.807, 2.05) is 19.2 Å². The van der Waals surface area contributed by atoms with Gasteiger partial charge in [-0.3, -0.25) is 14.3 Å². The topological polar surface area (TPSA) is 57.5 Å². The van der Waals surface area contributed by atoms with Gasteiger partial charge in [-0.25, -0.2) is 4.98 Å². The molecule has 2 fully saturated rings. The molecule has 0 radical (unpaired) electrons. The van der Waals surface area contributed by atoms with Crippen molar-refractivity contribution in [1.82, 2.24) is 19.4 Å². The molecule has 2 aliphatic rings. The van der Waals surface area contributed by atoms with Crippen LogP contribution in [0.5, 0.6) is 0 Å². The average molecular weight is 445 g/mol. The fraction of sp³-hybridized carbons (Fsp3) is 0.423. The molecule has 2 aliphatic heterocycles. The minimum atomic E-state index is -0.0366. The molecule has 1 unspecified atom stereocenters.